The van der Waals surface area contributed by atoms with E-state index in [0.717, 1.165) is 27.5 Å². The SMILES string of the molecule is C(=NCc1ccccc1)c1cccc2sc3ccc(-c4cccc5c4-c4cccc6cccc-5c46)cc3c12.NCc1cccc2c1oc1ccccc12. The van der Waals surface area contributed by atoms with Gasteiger partial charge in [0, 0.05) is 54.8 Å². The fourth-order valence-corrected chi connectivity index (χ4v) is 9.13. The highest BCUT2D eigenvalue weighted by molar-refractivity contribution is 7.25. The molecule has 252 valence electrons. The van der Waals surface area contributed by atoms with E-state index in [9.17, 15) is 0 Å². The van der Waals surface area contributed by atoms with Gasteiger partial charge in [0.25, 0.3) is 0 Å². The van der Waals surface area contributed by atoms with Crippen molar-refractivity contribution in [3.8, 4) is 33.4 Å². The molecule has 0 saturated carbocycles. The molecule has 2 aromatic heterocycles. The van der Waals surface area contributed by atoms with Crippen LogP contribution in [0.5, 0.6) is 0 Å². The molecule has 8 aromatic carbocycles. The van der Waals surface area contributed by atoms with Crippen LogP contribution < -0.4 is 5.73 Å². The quantitative estimate of drug-likeness (QED) is 0.182. The molecule has 0 bridgehead atoms. The highest BCUT2D eigenvalue weighted by atomic mass is 32.1. The van der Waals surface area contributed by atoms with Gasteiger partial charge in [-0.05, 0) is 74.0 Å². The van der Waals surface area contributed by atoms with Crippen molar-refractivity contribution in [3.05, 3.63) is 180 Å². The lowest BCUT2D eigenvalue weighted by atomic mass is 9.92. The van der Waals surface area contributed by atoms with Crippen LogP contribution in [0.2, 0.25) is 0 Å². The molecule has 4 heteroatoms. The van der Waals surface area contributed by atoms with Crippen molar-refractivity contribution < 1.29 is 4.42 Å². The topological polar surface area (TPSA) is 51.5 Å². The van der Waals surface area contributed by atoms with Gasteiger partial charge >= 0.3 is 0 Å². The van der Waals surface area contributed by atoms with Crippen LogP contribution in [0.15, 0.2) is 173 Å². The second-order valence-corrected chi connectivity index (χ2v) is 14.6. The van der Waals surface area contributed by atoms with Crippen molar-refractivity contribution in [2.75, 3.05) is 0 Å². The van der Waals surface area contributed by atoms with Crippen molar-refractivity contribution in [2.24, 2.45) is 10.7 Å². The second kappa shape index (κ2) is 13.0. The summed E-state index contributed by atoms with van der Waals surface area (Å²) in [5, 5.41) is 7.58. The minimum Gasteiger partial charge on any atom is -0.456 e. The Kier molecular flexibility index (Phi) is 7.71. The Morgan fingerprint density at radius 1 is 0.566 bits per heavy atom. The number of fused-ring (bicyclic) bond motifs is 9. The van der Waals surface area contributed by atoms with Crippen molar-refractivity contribution in [2.45, 2.75) is 13.1 Å². The van der Waals surface area contributed by atoms with Crippen LogP contribution in [0.3, 0.4) is 0 Å². The number of rotatable bonds is 5. The third-order valence-electron chi connectivity index (χ3n) is 10.4. The first kappa shape index (κ1) is 31.4. The van der Waals surface area contributed by atoms with Crippen LogP contribution >= 0.6 is 11.3 Å². The van der Waals surface area contributed by atoms with Gasteiger partial charge in [-0.2, -0.15) is 0 Å². The number of hydrogen-bond donors (Lipinski definition) is 1. The minimum absolute atomic E-state index is 0.511. The minimum atomic E-state index is 0.511. The highest BCUT2D eigenvalue weighted by Crippen LogP contribution is 2.51. The Hall–Kier alpha value is -6.33. The fourth-order valence-electron chi connectivity index (χ4n) is 8.01. The molecule has 0 aliphatic heterocycles. The van der Waals surface area contributed by atoms with Crippen LogP contribution in [0.25, 0.3) is 86.3 Å². The molecule has 3 nitrogen and oxygen atoms in total. The summed E-state index contributed by atoms with van der Waals surface area (Å²) in [6.07, 6.45) is 2.05. The molecular weight excluding hydrogens is 665 g/mol. The second-order valence-electron chi connectivity index (χ2n) is 13.5. The summed E-state index contributed by atoms with van der Waals surface area (Å²) in [6.45, 7) is 1.20. The first-order chi connectivity index (χ1) is 26.2. The number of benzene rings is 8. The normalized spacial score (nSPS) is 11.9. The number of para-hydroxylation sites is 2. The number of hydrogen-bond acceptors (Lipinski definition) is 4. The van der Waals surface area contributed by atoms with E-state index < -0.39 is 0 Å². The van der Waals surface area contributed by atoms with Gasteiger partial charge in [0.1, 0.15) is 11.2 Å². The van der Waals surface area contributed by atoms with Gasteiger partial charge in [-0.25, -0.2) is 0 Å². The Bertz CT molecular complexity index is 3020. The molecule has 0 unspecified atom stereocenters. The lowest BCUT2D eigenvalue weighted by molar-refractivity contribution is 0.663. The molecule has 0 spiro atoms. The van der Waals surface area contributed by atoms with Gasteiger partial charge in [-0.1, -0.05) is 140 Å². The molecule has 0 fully saturated rings. The predicted molar refractivity (Wildman–Crippen MR) is 226 cm³/mol. The fraction of sp³-hybridized carbons (Fsp3) is 0.0408. The molecular formula is C49H34N2OS. The zero-order valence-electron chi connectivity index (χ0n) is 28.9. The van der Waals surface area contributed by atoms with E-state index in [1.807, 2.05) is 53.9 Å². The number of furan rings is 1. The van der Waals surface area contributed by atoms with E-state index in [1.54, 1.807) is 0 Å². The van der Waals surface area contributed by atoms with Crippen LogP contribution in [-0.4, -0.2) is 6.21 Å². The van der Waals surface area contributed by atoms with E-state index in [0.29, 0.717) is 13.1 Å². The maximum Gasteiger partial charge on any atom is 0.139 e. The monoisotopic (exact) mass is 698 g/mol. The average Bonchev–Trinajstić information content (AvgIpc) is 3.89. The smallest absolute Gasteiger partial charge is 0.139 e. The van der Waals surface area contributed by atoms with E-state index >= 15 is 0 Å². The Morgan fingerprint density at radius 2 is 1.30 bits per heavy atom. The molecule has 10 aromatic rings. The zero-order valence-corrected chi connectivity index (χ0v) is 29.7. The molecule has 2 heterocycles. The predicted octanol–water partition coefficient (Wildman–Crippen LogP) is 13.2. The number of nitrogens with zero attached hydrogens (tertiary/aromatic N) is 1. The molecule has 1 aliphatic rings. The molecule has 0 amide bonds. The van der Waals surface area contributed by atoms with E-state index in [4.69, 9.17) is 15.1 Å². The molecule has 0 radical (unpaired) electrons. The van der Waals surface area contributed by atoms with Gasteiger partial charge in [-0.3, -0.25) is 4.99 Å². The molecule has 0 atom stereocenters. The van der Waals surface area contributed by atoms with Crippen LogP contribution in [0.4, 0.5) is 0 Å². The summed E-state index contributed by atoms with van der Waals surface area (Å²) < 4.78 is 8.41. The van der Waals surface area contributed by atoms with Crippen molar-refractivity contribution in [1.82, 2.24) is 0 Å². The van der Waals surface area contributed by atoms with Crippen LogP contribution in [-0.2, 0) is 13.1 Å². The summed E-state index contributed by atoms with van der Waals surface area (Å²) >= 11 is 1.86. The Balaban J connectivity index is 0.000000194. The van der Waals surface area contributed by atoms with E-state index in [1.165, 1.54) is 75.5 Å². The lowest BCUT2D eigenvalue weighted by Crippen LogP contribution is -1.95. The maximum atomic E-state index is 5.79. The number of thiophene rings is 1. The molecule has 53 heavy (non-hydrogen) atoms. The Morgan fingerprint density at radius 3 is 2.19 bits per heavy atom. The van der Waals surface area contributed by atoms with E-state index in [2.05, 4.69) is 127 Å². The lowest BCUT2D eigenvalue weighted by Gasteiger charge is -2.11. The van der Waals surface area contributed by atoms with Gasteiger partial charge < -0.3 is 10.2 Å². The molecule has 0 saturated heterocycles. The maximum absolute atomic E-state index is 5.79. The summed E-state index contributed by atoms with van der Waals surface area (Å²) in [6, 6.07) is 58.2. The van der Waals surface area contributed by atoms with E-state index in [-0.39, 0.29) is 0 Å². The van der Waals surface area contributed by atoms with Gasteiger partial charge in [0.15, 0.2) is 0 Å². The summed E-state index contributed by atoms with van der Waals surface area (Å²) in [7, 11) is 0. The third-order valence-corrected chi connectivity index (χ3v) is 11.6. The number of aliphatic imine (C=N–C) groups is 1. The first-order valence-corrected chi connectivity index (χ1v) is 18.8. The largest absolute Gasteiger partial charge is 0.456 e. The summed E-state index contributed by atoms with van der Waals surface area (Å²) in [5.74, 6) is 0. The van der Waals surface area contributed by atoms with Gasteiger partial charge in [0.2, 0.25) is 0 Å². The molecule has 11 rings (SSSR count). The zero-order chi connectivity index (χ0) is 35.3. The highest BCUT2D eigenvalue weighted by Gasteiger charge is 2.24. The van der Waals surface area contributed by atoms with Gasteiger partial charge in [-0.15, -0.1) is 11.3 Å². The standard InChI is InChI=1S/C36H23NS.C13H11NO/c1-2-8-23(9-3-1)21-37-22-26-12-6-17-33-35(26)31-20-25(18-19-32(31)38-33)27-13-7-15-29-28-14-4-10-24-11-5-16-30(34(24)28)36(27)29;14-8-9-4-3-6-11-10-5-1-2-7-12(10)15-13(9)11/h1-20,22H,21H2;1-7H,8,14H2. The van der Waals surface area contributed by atoms with Gasteiger partial charge in [0.05, 0.1) is 6.54 Å². The first-order valence-electron chi connectivity index (χ1n) is 18.0. The molecule has 2 N–H and O–H groups in total. The van der Waals surface area contributed by atoms with Crippen LogP contribution in [0.1, 0.15) is 16.7 Å². The summed E-state index contributed by atoms with van der Waals surface area (Å²) in [4.78, 5) is 4.80. The van der Waals surface area contributed by atoms with Crippen molar-refractivity contribution in [3.63, 3.8) is 0 Å². The number of nitrogens with two attached hydrogens (primary N) is 1. The third kappa shape index (κ3) is 5.34. The summed E-state index contributed by atoms with van der Waals surface area (Å²) in [5.41, 5.74) is 18.9. The van der Waals surface area contributed by atoms with Crippen LogP contribution in [0, 0.1) is 0 Å². The average molecular weight is 699 g/mol. The molecule has 1 aliphatic carbocycles. The Labute approximate surface area is 311 Å². The van der Waals surface area contributed by atoms with Crippen molar-refractivity contribution in [1.29, 1.82) is 0 Å². The van der Waals surface area contributed by atoms with Crippen molar-refractivity contribution >= 4 is 70.4 Å².